The van der Waals surface area contributed by atoms with Crippen LogP contribution in [0.3, 0.4) is 0 Å². The highest BCUT2D eigenvalue weighted by atomic mass is 35.5. The molecule has 0 bridgehead atoms. The summed E-state index contributed by atoms with van der Waals surface area (Å²) in [5.74, 6) is -0.177. The lowest BCUT2D eigenvalue weighted by Crippen LogP contribution is -2.21. The number of halogens is 1. The van der Waals surface area contributed by atoms with Crippen molar-refractivity contribution in [2.75, 3.05) is 0 Å². The fraction of sp³-hybridized carbons (Fsp3) is 0.0870. The van der Waals surface area contributed by atoms with E-state index < -0.39 is 0 Å². The van der Waals surface area contributed by atoms with Crippen molar-refractivity contribution >= 4 is 28.6 Å². The third-order valence-electron chi connectivity index (χ3n) is 4.72. The summed E-state index contributed by atoms with van der Waals surface area (Å²) in [5.41, 5.74) is 2.32. The number of hydrogen-bond donors (Lipinski definition) is 1. The number of aromatic hydroxyl groups is 1. The molecule has 4 aromatic rings. The first-order valence-electron chi connectivity index (χ1n) is 9.09. The summed E-state index contributed by atoms with van der Waals surface area (Å²) in [6, 6.07) is 18.0. The van der Waals surface area contributed by atoms with Gasteiger partial charge in [0.05, 0.1) is 23.5 Å². The molecule has 1 N–H and O–H groups in total. The van der Waals surface area contributed by atoms with E-state index in [1.54, 1.807) is 42.7 Å². The van der Waals surface area contributed by atoms with Crippen molar-refractivity contribution in [3.05, 3.63) is 99.1 Å². The lowest BCUT2D eigenvalue weighted by Gasteiger charge is -2.15. The van der Waals surface area contributed by atoms with Gasteiger partial charge in [0.15, 0.2) is 0 Å². The predicted octanol–water partition coefficient (Wildman–Crippen LogP) is 4.67. The van der Waals surface area contributed by atoms with Crippen LogP contribution in [0.1, 0.15) is 16.8 Å². The molecule has 2 aromatic heterocycles. The summed E-state index contributed by atoms with van der Waals surface area (Å²) in [6.07, 6.45) is 3.29. The summed E-state index contributed by atoms with van der Waals surface area (Å²) in [4.78, 5) is 21.9. The van der Waals surface area contributed by atoms with Crippen LogP contribution in [0.5, 0.6) is 5.88 Å². The van der Waals surface area contributed by atoms with Gasteiger partial charge in [0.25, 0.3) is 5.56 Å². The SMILES string of the molecule is Cc1ccc(Cl)cc1-n1c(O)c(C=NCc2ccccn2)c2ccccc2c1=O. The maximum absolute atomic E-state index is 13.2. The summed E-state index contributed by atoms with van der Waals surface area (Å²) in [5, 5.41) is 12.7. The van der Waals surface area contributed by atoms with E-state index in [1.807, 2.05) is 37.3 Å². The highest BCUT2D eigenvalue weighted by Crippen LogP contribution is 2.28. The van der Waals surface area contributed by atoms with E-state index in [4.69, 9.17) is 11.6 Å². The number of hydrogen-bond acceptors (Lipinski definition) is 4. The molecule has 0 aliphatic heterocycles. The lowest BCUT2D eigenvalue weighted by molar-refractivity contribution is 0.436. The van der Waals surface area contributed by atoms with Gasteiger partial charge < -0.3 is 5.11 Å². The fourth-order valence-corrected chi connectivity index (χ4v) is 3.42. The maximum atomic E-state index is 13.2. The van der Waals surface area contributed by atoms with Crippen molar-refractivity contribution in [3.63, 3.8) is 0 Å². The van der Waals surface area contributed by atoms with Crippen LogP contribution < -0.4 is 5.56 Å². The van der Waals surface area contributed by atoms with Gasteiger partial charge in [0.1, 0.15) is 0 Å². The van der Waals surface area contributed by atoms with Gasteiger partial charge in [-0.1, -0.05) is 41.9 Å². The number of nitrogens with zero attached hydrogens (tertiary/aromatic N) is 3. The summed E-state index contributed by atoms with van der Waals surface area (Å²) in [7, 11) is 0. The fourth-order valence-electron chi connectivity index (χ4n) is 3.26. The first-order valence-corrected chi connectivity index (χ1v) is 9.47. The maximum Gasteiger partial charge on any atom is 0.265 e. The predicted molar refractivity (Wildman–Crippen MR) is 116 cm³/mol. The van der Waals surface area contributed by atoms with Crippen molar-refractivity contribution in [2.45, 2.75) is 13.5 Å². The number of aryl methyl sites for hydroxylation is 1. The van der Waals surface area contributed by atoms with E-state index in [2.05, 4.69) is 9.98 Å². The van der Waals surface area contributed by atoms with Crippen molar-refractivity contribution in [3.8, 4) is 11.6 Å². The monoisotopic (exact) mass is 403 g/mol. The van der Waals surface area contributed by atoms with Crippen LogP contribution in [0.4, 0.5) is 0 Å². The van der Waals surface area contributed by atoms with E-state index in [1.165, 1.54) is 4.57 Å². The smallest absolute Gasteiger partial charge is 0.265 e. The Labute approximate surface area is 172 Å². The molecule has 0 fully saturated rings. The Hall–Kier alpha value is -3.44. The van der Waals surface area contributed by atoms with Gasteiger partial charge in [0, 0.05) is 28.2 Å². The second kappa shape index (κ2) is 7.89. The molecule has 29 heavy (non-hydrogen) atoms. The molecule has 5 nitrogen and oxygen atoms in total. The number of pyridine rings is 2. The third kappa shape index (κ3) is 3.65. The molecule has 4 rings (SSSR count). The van der Waals surface area contributed by atoms with Gasteiger partial charge >= 0.3 is 0 Å². The molecule has 6 heteroatoms. The zero-order chi connectivity index (χ0) is 20.4. The molecule has 0 amide bonds. The van der Waals surface area contributed by atoms with Crippen LogP contribution in [0.25, 0.3) is 16.5 Å². The minimum Gasteiger partial charge on any atom is -0.494 e. The third-order valence-corrected chi connectivity index (χ3v) is 4.95. The molecular formula is C23H18ClN3O2. The number of benzene rings is 2. The van der Waals surface area contributed by atoms with Gasteiger partial charge in [-0.2, -0.15) is 0 Å². The molecule has 2 aromatic carbocycles. The highest BCUT2D eigenvalue weighted by Gasteiger charge is 2.17. The summed E-state index contributed by atoms with van der Waals surface area (Å²) in [6.45, 7) is 2.23. The molecule has 0 unspecified atom stereocenters. The standard InChI is InChI=1S/C23H18ClN3O2/c1-15-9-10-16(24)12-21(15)27-22(28)19-8-3-2-7-18(19)20(23(27)29)14-25-13-17-6-4-5-11-26-17/h2-12,14,29H,13H2,1H3. The van der Waals surface area contributed by atoms with Crippen molar-refractivity contribution in [1.29, 1.82) is 0 Å². The van der Waals surface area contributed by atoms with Crippen LogP contribution in [0, 0.1) is 6.92 Å². The lowest BCUT2D eigenvalue weighted by atomic mass is 10.1. The molecule has 0 aliphatic carbocycles. The van der Waals surface area contributed by atoms with E-state index >= 15 is 0 Å². The topological polar surface area (TPSA) is 67.5 Å². The van der Waals surface area contributed by atoms with Crippen LogP contribution in [-0.2, 0) is 6.54 Å². The van der Waals surface area contributed by atoms with Crippen molar-refractivity contribution in [1.82, 2.24) is 9.55 Å². The molecule has 0 saturated heterocycles. The first-order chi connectivity index (χ1) is 14.1. The van der Waals surface area contributed by atoms with Crippen molar-refractivity contribution < 1.29 is 5.11 Å². The Morgan fingerprint density at radius 1 is 1.10 bits per heavy atom. The second-order valence-electron chi connectivity index (χ2n) is 6.65. The Morgan fingerprint density at radius 2 is 1.86 bits per heavy atom. The molecule has 0 atom stereocenters. The number of fused-ring (bicyclic) bond motifs is 1. The Morgan fingerprint density at radius 3 is 2.62 bits per heavy atom. The zero-order valence-electron chi connectivity index (χ0n) is 15.7. The largest absolute Gasteiger partial charge is 0.494 e. The number of rotatable bonds is 4. The number of aliphatic imine (C=N–C) groups is 1. The average molecular weight is 404 g/mol. The second-order valence-corrected chi connectivity index (χ2v) is 7.08. The molecule has 2 heterocycles. The molecule has 0 saturated carbocycles. The Bertz CT molecular complexity index is 1280. The molecule has 0 radical (unpaired) electrons. The minimum atomic E-state index is -0.314. The highest BCUT2D eigenvalue weighted by molar-refractivity contribution is 6.30. The van der Waals surface area contributed by atoms with Gasteiger partial charge in [0.2, 0.25) is 5.88 Å². The Balaban J connectivity index is 1.92. The van der Waals surface area contributed by atoms with Crippen molar-refractivity contribution in [2.24, 2.45) is 4.99 Å². The molecule has 0 aliphatic rings. The van der Waals surface area contributed by atoms with E-state index in [9.17, 15) is 9.90 Å². The van der Waals surface area contributed by atoms with Crippen LogP contribution in [0.2, 0.25) is 5.02 Å². The van der Waals surface area contributed by atoms with Crippen LogP contribution in [-0.4, -0.2) is 20.9 Å². The van der Waals surface area contributed by atoms with Gasteiger partial charge in [-0.25, -0.2) is 4.57 Å². The van der Waals surface area contributed by atoms with E-state index in [0.29, 0.717) is 33.6 Å². The van der Waals surface area contributed by atoms with Crippen LogP contribution in [0.15, 0.2) is 76.6 Å². The summed E-state index contributed by atoms with van der Waals surface area (Å²) >= 11 is 6.15. The van der Waals surface area contributed by atoms with Gasteiger partial charge in [-0.3, -0.25) is 14.8 Å². The molecular weight excluding hydrogens is 386 g/mol. The molecule has 0 spiro atoms. The van der Waals surface area contributed by atoms with E-state index in [-0.39, 0.29) is 11.4 Å². The zero-order valence-corrected chi connectivity index (χ0v) is 16.5. The first kappa shape index (κ1) is 18.9. The average Bonchev–Trinajstić information content (AvgIpc) is 2.74. The summed E-state index contributed by atoms with van der Waals surface area (Å²) < 4.78 is 1.28. The van der Waals surface area contributed by atoms with Crippen LogP contribution >= 0.6 is 11.6 Å². The van der Waals surface area contributed by atoms with Gasteiger partial charge in [-0.15, -0.1) is 0 Å². The van der Waals surface area contributed by atoms with E-state index in [0.717, 1.165) is 11.3 Å². The Kier molecular flexibility index (Phi) is 5.14. The normalized spacial score (nSPS) is 11.4. The molecule has 144 valence electrons. The van der Waals surface area contributed by atoms with Gasteiger partial charge in [-0.05, 0) is 42.8 Å². The number of aromatic nitrogens is 2. The minimum absolute atomic E-state index is 0.177. The quantitative estimate of drug-likeness (QED) is 0.503.